The zero-order valence-electron chi connectivity index (χ0n) is 18.4. The van der Waals surface area contributed by atoms with Gasteiger partial charge in [0.1, 0.15) is 11.3 Å². The van der Waals surface area contributed by atoms with Crippen molar-refractivity contribution >= 4 is 5.97 Å². The molecule has 0 atom stereocenters. The third-order valence-corrected chi connectivity index (χ3v) is 5.64. The molecule has 0 saturated heterocycles. The minimum atomic E-state index is -1.57. The molecule has 5 nitrogen and oxygen atoms in total. The minimum absolute atomic E-state index is 0.00817. The van der Waals surface area contributed by atoms with Crippen LogP contribution in [0.25, 0.3) is 0 Å². The highest BCUT2D eigenvalue weighted by Gasteiger charge is 2.27. The number of carbonyl (C=O) groups excluding carboxylic acids is 1. The Morgan fingerprint density at radius 3 is 2.42 bits per heavy atom. The van der Waals surface area contributed by atoms with Gasteiger partial charge in [-0.2, -0.15) is 9.65 Å². The molecule has 0 amide bonds. The molecule has 3 rings (SSSR count). The first-order valence-corrected chi connectivity index (χ1v) is 11.1. The van der Waals surface area contributed by atoms with Gasteiger partial charge in [0.05, 0.1) is 24.3 Å². The van der Waals surface area contributed by atoms with Crippen molar-refractivity contribution in [1.29, 1.82) is 5.26 Å². The molecule has 0 aromatic heterocycles. The fourth-order valence-corrected chi connectivity index (χ4v) is 3.68. The van der Waals surface area contributed by atoms with Crippen LogP contribution in [0.4, 0.5) is 13.2 Å². The Morgan fingerprint density at radius 1 is 1.09 bits per heavy atom. The molecule has 2 aromatic rings. The highest BCUT2D eigenvalue weighted by molar-refractivity contribution is 5.91. The standard InChI is InChI=1S/C25H26F3NO4/c1-2-3-12-31-18-8-6-17(7-9-18)15-32-24-21(26)13-20(22(27)23(24)28)25(30)33-19-10-4-16(14-29)5-11-19/h4-5,10-11,13,17-18H,2-3,6-9,12,15H2,1H3. The summed E-state index contributed by atoms with van der Waals surface area (Å²) < 4.78 is 59.5. The van der Waals surface area contributed by atoms with Gasteiger partial charge in [-0.15, -0.1) is 0 Å². The molecule has 0 N–H and O–H groups in total. The van der Waals surface area contributed by atoms with E-state index in [9.17, 15) is 18.0 Å². The lowest BCUT2D eigenvalue weighted by atomic mass is 9.88. The number of hydrogen-bond acceptors (Lipinski definition) is 5. The molecule has 33 heavy (non-hydrogen) atoms. The predicted molar refractivity (Wildman–Crippen MR) is 115 cm³/mol. The summed E-state index contributed by atoms with van der Waals surface area (Å²) in [7, 11) is 0. The molecule has 0 aliphatic heterocycles. The number of halogens is 3. The van der Waals surface area contributed by atoms with Crippen LogP contribution in [0.1, 0.15) is 61.4 Å². The van der Waals surface area contributed by atoms with Crippen LogP contribution in [0, 0.1) is 34.7 Å². The first kappa shape index (κ1) is 24.6. The van der Waals surface area contributed by atoms with Crippen LogP contribution in [0.15, 0.2) is 30.3 Å². The van der Waals surface area contributed by atoms with Crippen molar-refractivity contribution in [2.75, 3.05) is 13.2 Å². The topological polar surface area (TPSA) is 68.6 Å². The van der Waals surface area contributed by atoms with E-state index in [1.54, 1.807) is 0 Å². The molecule has 0 heterocycles. The van der Waals surface area contributed by atoms with E-state index in [2.05, 4.69) is 6.92 Å². The maximum atomic E-state index is 14.5. The smallest absolute Gasteiger partial charge is 0.346 e. The average Bonchev–Trinajstić information content (AvgIpc) is 2.83. The molecular weight excluding hydrogens is 435 g/mol. The quantitative estimate of drug-likeness (QED) is 0.200. The summed E-state index contributed by atoms with van der Waals surface area (Å²) >= 11 is 0. The monoisotopic (exact) mass is 461 g/mol. The summed E-state index contributed by atoms with van der Waals surface area (Å²) in [6.45, 7) is 2.88. The van der Waals surface area contributed by atoms with Crippen LogP contribution >= 0.6 is 0 Å². The summed E-state index contributed by atoms with van der Waals surface area (Å²) in [5.74, 6) is -6.31. The van der Waals surface area contributed by atoms with Crippen molar-refractivity contribution < 1.29 is 32.2 Å². The van der Waals surface area contributed by atoms with Gasteiger partial charge in [-0.05, 0) is 68.4 Å². The number of nitriles is 1. The number of rotatable bonds is 9. The van der Waals surface area contributed by atoms with E-state index in [0.717, 1.165) is 45.1 Å². The number of nitrogens with zero attached hydrogens (tertiary/aromatic N) is 1. The van der Waals surface area contributed by atoms with E-state index < -0.39 is 34.7 Å². The number of benzene rings is 2. The molecule has 0 unspecified atom stereocenters. The first-order valence-electron chi connectivity index (χ1n) is 11.1. The fraction of sp³-hybridized carbons (Fsp3) is 0.440. The highest BCUT2D eigenvalue weighted by atomic mass is 19.2. The van der Waals surface area contributed by atoms with Crippen molar-refractivity contribution in [1.82, 2.24) is 0 Å². The number of unbranched alkanes of at least 4 members (excludes halogenated alkanes) is 1. The maximum absolute atomic E-state index is 14.5. The number of esters is 1. The zero-order chi connectivity index (χ0) is 23.8. The molecular formula is C25H26F3NO4. The lowest BCUT2D eigenvalue weighted by Gasteiger charge is -2.28. The second kappa shape index (κ2) is 11.7. The summed E-state index contributed by atoms with van der Waals surface area (Å²) in [5, 5.41) is 8.78. The van der Waals surface area contributed by atoms with Crippen molar-refractivity contribution in [2.45, 2.75) is 51.6 Å². The summed E-state index contributed by atoms with van der Waals surface area (Å²) in [6, 6.07) is 7.89. The normalized spacial score (nSPS) is 17.9. The Hall–Kier alpha value is -3.05. The lowest BCUT2D eigenvalue weighted by molar-refractivity contribution is 0.0112. The molecule has 8 heteroatoms. The van der Waals surface area contributed by atoms with Crippen LogP contribution in [0.2, 0.25) is 0 Å². The Morgan fingerprint density at radius 2 is 1.79 bits per heavy atom. The molecule has 0 bridgehead atoms. The van der Waals surface area contributed by atoms with Gasteiger partial charge < -0.3 is 14.2 Å². The molecule has 1 aliphatic carbocycles. The van der Waals surface area contributed by atoms with Gasteiger partial charge in [-0.1, -0.05) is 13.3 Å². The van der Waals surface area contributed by atoms with Crippen LogP contribution in [0.5, 0.6) is 11.5 Å². The van der Waals surface area contributed by atoms with Gasteiger partial charge in [0.2, 0.25) is 5.82 Å². The SMILES string of the molecule is CCCCOC1CCC(COc2c(F)cc(C(=O)Oc3ccc(C#N)cc3)c(F)c2F)CC1. The summed E-state index contributed by atoms with van der Waals surface area (Å²) in [6.07, 6.45) is 5.55. The highest BCUT2D eigenvalue weighted by Crippen LogP contribution is 2.31. The number of carbonyl (C=O) groups is 1. The van der Waals surface area contributed by atoms with Gasteiger partial charge in [0, 0.05) is 6.61 Å². The maximum Gasteiger partial charge on any atom is 0.346 e. The Balaban J connectivity index is 1.59. The third kappa shape index (κ3) is 6.48. The van der Waals surface area contributed by atoms with Crippen LogP contribution in [-0.2, 0) is 4.74 Å². The van der Waals surface area contributed by atoms with E-state index >= 15 is 0 Å². The van der Waals surface area contributed by atoms with Crippen LogP contribution in [-0.4, -0.2) is 25.3 Å². The third-order valence-electron chi connectivity index (χ3n) is 5.64. The van der Waals surface area contributed by atoms with E-state index in [-0.39, 0.29) is 24.4 Å². The fourth-order valence-electron chi connectivity index (χ4n) is 3.68. The van der Waals surface area contributed by atoms with E-state index in [1.807, 2.05) is 6.07 Å². The first-order chi connectivity index (χ1) is 15.9. The molecule has 2 aromatic carbocycles. The molecule has 1 fully saturated rings. The minimum Gasteiger partial charge on any atom is -0.487 e. The number of hydrogen-bond donors (Lipinski definition) is 0. The Bertz CT molecular complexity index is 996. The lowest BCUT2D eigenvalue weighted by Crippen LogP contribution is -2.25. The second-order valence-corrected chi connectivity index (χ2v) is 8.07. The largest absolute Gasteiger partial charge is 0.487 e. The van der Waals surface area contributed by atoms with Gasteiger partial charge in [0.15, 0.2) is 17.4 Å². The van der Waals surface area contributed by atoms with Crippen molar-refractivity contribution in [3.05, 3.63) is 58.9 Å². The predicted octanol–water partition coefficient (Wildman–Crippen LogP) is 5.95. The molecule has 176 valence electrons. The van der Waals surface area contributed by atoms with Crippen molar-refractivity contribution in [3.8, 4) is 17.6 Å². The molecule has 0 spiro atoms. The average molecular weight is 461 g/mol. The van der Waals surface area contributed by atoms with Crippen molar-refractivity contribution in [2.24, 2.45) is 5.92 Å². The van der Waals surface area contributed by atoms with Gasteiger partial charge in [0.25, 0.3) is 0 Å². The number of ether oxygens (including phenoxy) is 3. The van der Waals surface area contributed by atoms with Gasteiger partial charge >= 0.3 is 5.97 Å². The molecule has 1 aliphatic rings. The van der Waals surface area contributed by atoms with Gasteiger partial charge in [-0.3, -0.25) is 0 Å². The van der Waals surface area contributed by atoms with E-state index in [4.69, 9.17) is 19.5 Å². The molecule has 1 saturated carbocycles. The Labute approximate surface area is 191 Å². The van der Waals surface area contributed by atoms with Crippen LogP contribution < -0.4 is 9.47 Å². The molecule has 0 radical (unpaired) electrons. The summed E-state index contributed by atoms with van der Waals surface area (Å²) in [4.78, 5) is 12.2. The van der Waals surface area contributed by atoms with Crippen LogP contribution in [0.3, 0.4) is 0 Å². The van der Waals surface area contributed by atoms with Crippen molar-refractivity contribution in [3.63, 3.8) is 0 Å². The zero-order valence-corrected chi connectivity index (χ0v) is 18.4. The Kier molecular flexibility index (Phi) is 8.72. The second-order valence-electron chi connectivity index (χ2n) is 8.07. The van der Waals surface area contributed by atoms with Gasteiger partial charge in [-0.25, -0.2) is 13.6 Å². The van der Waals surface area contributed by atoms with E-state index in [1.165, 1.54) is 24.3 Å². The van der Waals surface area contributed by atoms with E-state index in [0.29, 0.717) is 11.6 Å². The summed E-state index contributed by atoms with van der Waals surface area (Å²) in [5.41, 5.74) is -0.552.